The SMILES string of the molecule is Cc1c(NC(=O)Nc2c3ccccc3nc3ccccc23)sc2nc3n(c(=O)c12)CCC(C)CC3. The maximum atomic E-state index is 13.3. The molecule has 0 fully saturated rings. The van der Waals surface area contributed by atoms with Gasteiger partial charge in [0.05, 0.1) is 22.1 Å². The molecule has 6 rings (SSSR count). The van der Waals surface area contributed by atoms with Crippen molar-refractivity contribution in [2.45, 2.75) is 39.7 Å². The molecule has 7 nitrogen and oxygen atoms in total. The fraction of sp³-hybridized carbons (Fsp3) is 0.259. The van der Waals surface area contributed by atoms with Crippen LogP contribution in [0.5, 0.6) is 0 Å². The molecule has 35 heavy (non-hydrogen) atoms. The van der Waals surface area contributed by atoms with Crippen molar-refractivity contribution in [3.05, 3.63) is 70.3 Å². The number of rotatable bonds is 2. The highest BCUT2D eigenvalue weighted by Crippen LogP contribution is 2.34. The van der Waals surface area contributed by atoms with E-state index in [9.17, 15) is 9.59 Å². The van der Waals surface area contributed by atoms with Crippen molar-refractivity contribution in [1.29, 1.82) is 0 Å². The van der Waals surface area contributed by atoms with Crippen LogP contribution in [-0.4, -0.2) is 20.6 Å². The molecule has 1 atom stereocenters. The molecule has 3 aromatic heterocycles. The lowest BCUT2D eigenvalue weighted by molar-refractivity contribution is 0.262. The molecule has 8 heteroatoms. The van der Waals surface area contributed by atoms with Gasteiger partial charge in [-0.3, -0.25) is 14.7 Å². The largest absolute Gasteiger partial charge is 0.324 e. The third-order valence-electron chi connectivity index (χ3n) is 6.89. The molecule has 0 aliphatic carbocycles. The van der Waals surface area contributed by atoms with Gasteiger partial charge in [0, 0.05) is 23.7 Å². The van der Waals surface area contributed by atoms with Gasteiger partial charge in [-0.1, -0.05) is 54.7 Å². The van der Waals surface area contributed by atoms with E-state index in [4.69, 9.17) is 9.97 Å². The second-order valence-corrected chi connectivity index (χ2v) is 10.3. The van der Waals surface area contributed by atoms with Crippen molar-refractivity contribution < 1.29 is 4.79 Å². The van der Waals surface area contributed by atoms with Crippen LogP contribution in [-0.2, 0) is 13.0 Å². The lowest BCUT2D eigenvalue weighted by Crippen LogP contribution is -2.24. The molecule has 0 saturated heterocycles. The van der Waals surface area contributed by atoms with E-state index >= 15 is 0 Å². The average Bonchev–Trinajstić information content (AvgIpc) is 3.03. The standard InChI is InChI=1S/C27H25N5O2S/c1-15-11-12-21-29-25-22(26(33)32(21)14-13-15)16(2)24(35-25)31-27(34)30-23-17-7-3-5-9-19(17)28-20-10-6-4-8-18(20)23/h3-10,15H,11-14H2,1-2H3,(H2,28,30,31,34). The summed E-state index contributed by atoms with van der Waals surface area (Å²) in [5.74, 6) is 1.43. The molecule has 1 aliphatic rings. The number of amides is 2. The Hall–Kier alpha value is -3.78. The maximum Gasteiger partial charge on any atom is 0.324 e. The third-order valence-corrected chi connectivity index (χ3v) is 7.99. The van der Waals surface area contributed by atoms with Crippen molar-refractivity contribution in [3.63, 3.8) is 0 Å². The number of nitrogens with one attached hydrogen (secondary N) is 2. The van der Waals surface area contributed by atoms with E-state index in [1.54, 1.807) is 0 Å². The number of benzene rings is 2. The Labute approximate surface area is 205 Å². The van der Waals surface area contributed by atoms with Crippen molar-refractivity contribution in [1.82, 2.24) is 14.5 Å². The molecular weight excluding hydrogens is 458 g/mol. The first-order chi connectivity index (χ1) is 17.0. The van der Waals surface area contributed by atoms with Crippen LogP contribution in [0.3, 0.4) is 0 Å². The van der Waals surface area contributed by atoms with Crippen LogP contribution in [0.25, 0.3) is 32.0 Å². The molecule has 2 amide bonds. The number of carbonyl (C=O) groups is 1. The number of thiophene rings is 1. The minimum Gasteiger partial charge on any atom is -0.306 e. The molecule has 2 N–H and O–H groups in total. The van der Waals surface area contributed by atoms with Gasteiger partial charge in [0.1, 0.15) is 15.7 Å². The summed E-state index contributed by atoms with van der Waals surface area (Å²) in [5.41, 5.74) is 3.09. The first-order valence-electron chi connectivity index (χ1n) is 11.9. The van der Waals surface area contributed by atoms with Crippen molar-refractivity contribution in [3.8, 4) is 0 Å². The van der Waals surface area contributed by atoms with Gasteiger partial charge in [0.2, 0.25) is 0 Å². The third kappa shape index (κ3) is 3.74. The van der Waals surface area contributed by atoms with E-state index in [1.165, 1.54) is 11.3 Å². The number of hydrogen-bond acceptors (Lipinski definition) is 5. The summed E-state index contributed by atoms with van der Waals surface area (Å²) in [6, 6.07) is 15.1. The van der Waals surface area contributed by atoms with Crippen LogP contribution in [0.4, 0.5) is 15.5 Å². The zero-order valence-corrected chi connectivity index (χ0v) is 20.4. The number of fused-ring (bicyclic) bond motifs is 4. The summed E-state index contributed by atoms with van der Waals surface area (Å²) in [6.07, 6.45) is 2.81. The quantitative estimate of drug-likeness (QED) is 0.298. The van der Waals surface area contributed by atoms with Crippen LogP contribution >= 0.6 is 11.3 Å². The van der Waals surface area contributed by atoms with Gasteiger partial charge in [-0.05, 0) is 43.4 Å². The van der Waals surface area contributed by atoms with Gasteiger partial charge in [-0.2, -0.15) is 0 Å². The van der Waals surface area contributed by atoms with Gasteiger partial charge < -0.3 is 5.32 Å². The predicted molar refractivity (Wildman–Crippen MR) is 143 cm³/mol. The van der Waals surface area contributed by atoms with Crippen LogP contribution in [0, 0.1) is 12.8 Å². The Balaban J connectivity index is 1.37. The summed E-state index contributed by atoms with van der Waals surface area (Å²) in [5, 5.41) is 8.99. The fourth-order valence-electron chi connectivity index (χ4n) is 4.89. The van der Waals surface area contributed by atoms with Crippen LogP contribution < -0.4 is 16.2 Å². The summed E-state index contributed by atoms with van der Waals surface area (Å²) in [4.78, 5) is 36.7. The van der Waals surface area contributed by atoms with Crippen LogP contribution in [0.2, 0.25) is 0 Å². The van der Waals surface area contributed by atoms with Gasteiger partial charge in [0.15, 0.2) is 0 Å². The van der Waals surface area contributed by atoms with Gasteiger partial charge in [-0.25, -0.2) is 14.8 Å². The number of hydrogen-bond donors (Lipinski definition) is 2. The van der Waals surface area contributed by atoms with E-state index < -0.39 is 0 Å². The molecule has 0 radical (unpaired) electrons. The highest BCUT2D eigenvalue weighted by atomic mass is 32.1. The number of urea groups is 1. The topological polar surface area (TPSA) is 88.9 Å². The molecule has 2 aromatic carbocycles. The van der Waals surface area contributed by atoms with Crippen LogP contribution in [0.15, 0.2) is 53.3 Å². The molecule has 1 unspecified atom stereocenters. The van der Waals surface area contributed by atoms with Crippen molar-refractivity contribution >= 4 is 60.1 Å². The Morgan fingerprint density at radius 2 is 1.69 bits per heavy atom. The Bertz CT molecular complexity index is 1630. The molecule has 5 aromatic rings. The number of anilines is 2. The highest BCUT2D eigenvalue weighted by molar-refractivity contribution is 7.22. The zero-order chi connectivity index (χ0) is 24.1. The zero-order valence-electron chi connectivity index (χ0n) is 19.6. The molecule has 0 saturated carbocycles. The average molecular weight is 484 g/mol. The highest BCUT2D eigenvalue weighted by Gasteiger charge is 2.22. The molecular formula is C27H25N5O2S. The maximum absolute atomic E-state index is 13.3. The Morgan fingerprint density at radius 3 is 2.40 bits per heavy atom. The van der Waals surface area contributed by atoms with E-state index in [0.29, 0.717) is 33.4 Å². The second-order valence-electron chi connectivity index (χ2n) is 9.25. The van der Waals surface area contributed by atoms with Crippen molar-refractivity contribution in [2.75, 3.05) is 10.6 Å². The van der Waals surface area contributed by atoms with Crippen molar-refractivity contribution in [2.24, 2.45) is 5.92 Å². The summed E-state index contributed by atoms with van der Waals surface area (Å²) < 4.78 is 1.82. The fourth-order valence-corrected chi connectivity index (χ4v) is 5.98. The lowest BCUT2D eigenvalue weighted by Gasteiger charge is -2.13. The van der Waals surface area contributed by atoms with Crippen LogP contribution in [0.1, 0.15) is 31.2 Å². The first-order valence-corrected chi connectivity index (χ1v) is 12.7. The number of aromatic nitrogens is 3. The number of carbonyl (C=O) groups excluding carboxylic acids is 1. The smallest absolute Gasteiger partial charge is 0.306 e. The monoisotopic (exact) mass is 483 g/mol. The number of pyridine rings is 1. The van der Waals surface area contributed by atoms with Gasteiger partial charge in [0.25, 0.3) is 5.56 Å². The molecule has 4 heterocycles. The van der Waals surface area contributed by atoms with E-state index in [0.717, 1.165) is 52.5 Å². The Morgan fingerprint density at radius 1 is 1.00 bits per heavy atom. The molecule has 1 aliphatic heterocycles. The Kier molecular flexibility index (Phi) is 5.25. The molecule has 0 spiro atoms. The minimum atomic E-state index is -0.364. The minimum absolute atomic E-state index is 0.00701. The van der Waals surface area contributed by atoms with Gasteiger partial charge in [-0.15, -0.1) is 0 Å². The molecule has 176 valence electrons. The summed E-state index contributed by atoms with van der Waals surface area (Å²) >= 11 is 1.36. The van der Waals surface area contributed by atoms with Gasteiger partial charge >= 0.3 is 6.03 Å². The van der Waals surface area contributed by atoms with E-state index in [2.05, 4.69) is 17.6 Å². The lowest BCUT2D eigenvalue weighted by atomic mass is 10.0. The van der Waals surface area contributed by atoms with E-state index in [-0.39, 0.29) is 11.6 Å². The summed E-state index contributed by atoms with van der Waals surface area (Å²) in [6.45, 7) is 4.79. The number of para-hydroxylation sites is 2. The first kappa shape index (κ1) is 21.7. The number of nitrogens with zero attached hydrogens (tertiary/aromatic N) is 3. The second kappa shape index (κ2) is 8.46. The van der Waals surface area contributed by atoms with E-state index in [1.807, 2.05) is 60.0 Å². The predicted octanol–water partition coefficient (Wildman–Crippen LogP) is 6.08. The summed E-state index contributed by atoms with van der Waals surface area (Å²) in [7, 11) is 0. The normalized spacial score (nSPS) is 15.8. The molecule has 0 bridgehead atoms. The number of aryl methyl sites for hydroxylation is 2.